The van der Waals surface area contributed by atoms with Gasteiger partial charge in [0.2, 0.25) is 10.0 Å². The van der Waals surface area contributed by atoms with E-state index < -0.39 is 10.0 Å². The van der Waals surface area contributed by atoms with Gasteiger partial charge in [0, 0.05) is 35.2 Å². The largest absolute Gasteiger partial charge is 0.356 e. The number of sulfonamides is 1. The van der Waals surface area contributed by atoms with Crippen LogP contribution in [-0.4, -0.2) is 37.3 Å². The maximum atomic E-state index is 13.1. The number of amides is 1. The number of hydrogen-bond acceptors (Lipinski definition) is 3. The molecule has 1 aromatic heterocycles. The average molecular weight is 398 g/mol. The lowest BCUT2D eigenvalue weighted by molar-refractivity contribution is 0.0674. The molecule has 3 aromatic rings. The third-order valence-corrected chi connectivity index (χ3v) is 6.90. The van der Waals surface area contributed by atoms with Crippen LogP contribution in [0.1, 0.15) is 41.5 Å². The van der Waals surface area contributed by atoms with Crippen molar-refractivity contribution >= 4 is 26.8 Å². The van der Waals surface area contributed by atoms with Gasteiger partial charge in [-0.05, 0) is 49.2 Å². The van der Waals surface area contributed by atoms with Gasteiger partial charge in [-0.2, -0.15) is 0 Å². The van der Waals surface area contributed by atoms with Gasteiger partial charge in [0.05, 0.1) is 10.9 Å². The molecular formula is C21H23N3O3S. The fourth-order valence-corrected chi connectivity index (χ4v) is 4.96. The van der Waals surface area contributed by atoms with Crippen molar-refractivity contribution in [1.29, 1.82) is 0 Å². The van der Waals surface area contributed by atoms with E-state index in [-0.39, 0.29) is 16.8 Å². The minimum Gasteiger partial charge on any atom is -0.356 e. The zero-order chi connectivity index (χ0) is 19.9. The molecule has 0 saturated heterocycles. The second kappa shape index (κ2) is 7.07. The van der Waals surface area contributed by atoms with Gasteiger partial charge in [-0.15, -0.1) is 0 Å². The van der Waals surface area contributed by atoms with Crippen LogP contribution in [0.5, 0.6) is 0 Å². The van der Waals surface area contributed by atoms with E-state index in [1.807, 2.05) is 24.0 Å². The van der Waals surface area contributed by atoms with Crippen molar-refractivity contribution in [3.05, 3.63) is 65.4 Å². The lowest BCUT2D eigenvalue weighted by atomic mass is 9.97. The zero-order valence-corrected chi connectivity index (χ0v) is 16.7. The number of fused-ring (bicyclic) bond motifs is 3. The van der Waals surface area contributed by atoms with Crippen molar-refractivity contribution in [2.75, 3.05) is 13.1 Å². The van der Waals surface area contributed by atoms with E-state index in [1.54, 1.807) is 19.1 Å². The molecule has 146 valence electrons. The number of rotatable bonds is 4. The van der Waals surface area contributed by atoms with Gasteiger partial charge in [-0.3, -0.25) is 4.79 Å². The van der Waals surface area contributed by atoms with Crippen LogP contribution in [0, 0.1) is 0 Å². The minimum absolute atomic E-state index is 0.0752. The fraction of sp³-hybridized carbons (Fsp3) is 0.286. The highest BCUT2D eigenvalue weighted by Crippen LogP contribution is 2.34. The van der Waals surface area contributed by atoms with Crippen molar-refractivity contribution in [3.8, 4) is 0 Å². The van der Waals surface area contributed by atoms with Crippen molar-refractivity contribution in [3.63, 3.8) is 0 Å². The highest BCUT2D eigenvalue weighted by atomic mass is 32.2. The quantitative estimate of drug-likeness (QED) is 0.709. The molecule has 0 spiro atoms. The summed E-state index contributed by atoms with van der Waals surface area (Å²) in [6, 6.07) is 14.2. The Balaban J connectivity index is 1.60. The number of aromatic nitrogens is 1. The first-order chi connectivity index (χ1) is 13.4. The number of aromatic amines is 1. The second-order valence-electron chi connectivity index (χ2n) is 7.01. The molecule has 6 nitrogen and oxygen atoms in total. The summed E-state index contributed by atoms with van der Waals surface area (Å²) in [5.41, 5.74) is 3.93. The topological polar surface area (TPSA) is 82.3 Å². The maximum absolute atomic E-state index is 13.1. The molecule has 2 N–H and O–H groups in total. The molecule has 2 heterocycles. The molecule has 0 saturated carbocycles. The monoisotopic (exact) mass is 397 g/mol. The molecule has 1 aliphatic rings. The lowest BCUT2D eigenvalue weighted by Crippen LogP contribution is -2.38. The third-order valence-electron chi connectivity index (χ3n) is 5.34. The molecular weight excluding hydrogens is 374 g/mol. The first-order valence-corrected chi connectivity index (χ1v) is 10.9. The Kier molecular flexibility index (Phi) is 4.72. The van der Waals surface area contributed by atoms with Gasteiger partial charge in [-0.1, -0.05) is 25.1 Å². The molecule has 0 bridgehead atoms. The Morgan fingerprint density at radius 3 is 2.61 bits per heavy atom. The summed E-state index contributed by atoms with van der Waals surface area (Å²) in [5, 5.41) is 1.22. The summed E-state index contributed by atoms with van der Waals surface area (Å²) >= 11 is 0. The number of carbonyl (C=O) groups excluding carboxylic acids is 1. The van der Waals surface area contributed by atoms with Crippen molar-refractivity contribution in [2.24, 2.45) is 0 Å². The normalized spacial score (nSPS) is 16.9. The predicted octanol–water partition coefficient (Wildman–Crippen LogP) is 3.23. The fourth-order valence-electron chi connectivity index (χ4n) is 3.92. The predicted molar refractivity (Wildman–Crippen MR) is 109 cm³/mol. The number of nitrogens with zero attached hydrogens (tertiary/aromatic N) is 1. The zero-order valence-electron chi connectivity index (χ0n) is 15.9. The van der Waals surface area contributed by atoms with Crippen molar-refractivity contribution < 1.29 is 13.2 Å². The molecule has 1 aliphatic heterocycles. The number of hydrogen-bond donors (Lipinski definition) is 2. The number of para-hydroxylation sites is 1. The van der Waals surface area contributed by atoms with Crippen LogP contribution < -0.4 is 4.72 Å². The van der Waals surface area contributed by atoms with Gasteiger partial charge in [0.25, 0.3) is 5.91 Å². The Labute approximate surface area is 164 Å². The second-order valence-corrected chi connectivity index (χ2v) is 8.78. The molecule has 1 amide bonds. The maximum Gasteiger partial charge on any atom is 0.254 e. The molecule has 1 unspecified atom stereocenters. The van der Waals surface area contributed by atoms with Crippen LogP contribution in [0.25, 0.3) is 10.9 Å². The number of benzene rings is 2. The average Bonchev–Trinajstić information content (AvgIpc) is 3.08. The van der Waals surface area contributed by atoms with Crippen LogP contribution in [-0.2, 0) is 16.4 Å². The van der Waals surface area contributed by atoms with E-state index in [0.717, 1.165) is 17.6 Å². The minimum atomic E-state index is -3.52. The Hall–Kier alpha value is -2.64. The Morgan fingerprint density at radius 1 is 1.18 bits per heavy atom. The molecule has 1 atom stereocenters. The number of carbonyl (C=O) groups is 1. The Morgan fingerprint density at radius 2 is 1.89 bits per heavy atom. The summed E-state index contributed by atoms with van der Waals surface area (Å²) in [4.78, 5) is 18.5. The first-order valence-electron chi connectivity index (χ1n) is 9.42. The molecule has 7 heteroatoms. The molecule has 28 heavy (non-hydrogen) atoms. The van der Waals surface area contributed by atoms with Crippen LogP contribution in [0.15, 0.2) is 53.4 Å². The van der Waals surface area contributed by atoms with Gasteiger partial charge >= 0.3 is 0 Å². The molecule has 4 rings (SSSR count). The van der Waals surface area contributed by atoms with E-state index >= 15 is 0 Å². The van der Waals surface area contributed by atoms with E-state index in [2.05, 4.69) is 21.8 Å². The third kappa shape index (κ3) is 3.10. The highest BCUT2D eigenvalue weighted by molar-refractivity contribution is 7.89. The standard InChI is InChI=1S/C21H23N3O3S/c1-3-22-28(26,27)16-10-8-15(9-11-16)21(25)24-13-12-18-17-6-4-5-7-19(17)23-20(18)14(24)2/h4-11,14,22-23H,3,12-13H2,1-2H3. The summed E-state index contributed by atoms with van der Waals surface area (Å²) in [6.07, 6.45) is 0.794. The van der Waals surface area contributed by atoms with Gasteiger partial charge < -0.3 is 9.88 Å². The van der Waals surface area contributed by atoms with E-state index in [1.165, 1.54) is 23.1 Å². The smallest absolute Gasteiger partial charge is 0.254 e. The summed E-state index contributed by atoms with van der Waals surface area (Å²) in [7, 11) is -3.52. The Bertz CT molecular complexity index is 1130. The van der Waals surface area contributed by atoms with Crippen LogP contribution in [0.2, 0.25) is 0 Å². The van der Waals surface area contributed by atoms with E-state index in [9.17, 15) is 13.2 Å². The van der Waals surface area contributed by atoms with Crippen molar-refractivity contribution in [2.45, 2.75) is 31.2 Å². The van der Waals surface area contributed by atoms with Gasteiger partial charge in [-0.25, -0.2) is 13.1 Å². The molecule has 2 aromatic carbocycles. The molecule has 0 aliphatic carbocycles. The SMILES string of the molecule is CCNS(=O)(=O)c1ccc(C(=O)N2CCc3c([nH]c4ccccc34)C2C)cc1. The first kappa shape index (κ1) is 18.7. The van der Waals surface area contributed by atoms with Gasteiger partial charge in [0.1, 0.15) is 0 Å². The van der Waals surface area contributed by atoms with E-state index in [4.69, 9.17) is 0 Å². The number of nitrogens with one attached hydrogen (secondary N) is 2. The summed E-state index contributed by atoms with van der Waals surface area (Å²) < 4.78 is 26.6. The molecule has 0 radical (unpaired) electrons. The van der Waals surface area contributed by atoms with Gasteiger partial charge in [0.15, 0.2) is 0 Å². The van der Waals surface area contributed by atoms with Crippen LogP contribution >= 0.6 is 0 Å². The van der Waals surface area contributed by atoms with Crippen LogP contribution in [0.4, 0.5) is 0 Å². The van der Waals surface area contributed by atoms with E-state index in [0.29, 0.717) is 18.7 Å². The summed E-state index contributed by atoms with van der Waals surface area (Å²) in [6.45, 7) is 4.70. The number of H-pyrrole nitrogens is 1. The molecule has 0 fully saturated rings. The summed E-state index contributed by atoms with van der Waals surface area (Å²) in [5.74, 6) is -0.0933. The van der Waals surface area contributed by atoms with Crippen LogP contribution in [0.3, 0.4) is 0 Å². The van der Waals surface area contributed by atoms with Crippen molar-refractivity contribution in [1.82, 2.24) is 14.6 Å². The highest BCUT2D eigenvalue weighted by Gasteiger charge is 2.30. The lowest BCUT2D eigenvalue weighted by Gasteiger charge is -2.33.